The Bertz CT molecular complexity index is 755. The summed E-state index contributed by atoms with van der Waals surface area (Å²) in [6, 6.07) is 13.1. The number of anilines is 2. The molecule has 1 N–H and O–H groups in total. The fourth-order valence-electron chi connectivity index (χ4n) is 2.07. The third-order valence-electron chi connectivity index (χ3n) is 3.35. The molecule has 1 aromatic carbocycles. The zero-order valence-electron chi connectivity index (χ0n) is 12.6. The van der Waals surface area contributed by atoms with Crippen LogP contribution in [0, 0.1) is 0 Å². The SMILES string of the molecule is CN(C(=O)c1cnc(NCc2ccco2)nc1)c1ccccc1. The molecule has 0 radical (unpaired) electrons. The lowest BCUT2D eigenvalue weighted by atomic mass is 10.2. The van der Waals surface area contributed by atoms with Crippen LogP contribution in [0.4, 0.5) is 11.6 Å². The number of nitrogens with one attached hydrogen (secondary N) is 1. The van der Waals surface area contributed by atoms with Gasteiger partial charge in [0.25, 0.3) is 5.91 Å². The Morgan fingerprint density at radius 1 is 1.13 bits per heavy atom. The van der Waals surface area contributed by atoms with Crippen LogP contribution in [0.5, 0.6) is 0 Å². The Labute approximate surface area is 133 Å². The number of carbonyl (C=O) groups excluding carboxylic acids is 1. The van der Waals surface area contributed by atoms with E-state index >= 15 is 0 Å². The number of nitrogens with zero attached hydrogens (tertiary/aromatic N) is 3. The molecule has 0 bridgehead atoms. The monoisotopic (exact) mass is 308 g/mol. The fraction of sp³-hybridized carbons (Fsp3) is 0.118. The molecule has 2 heterocycles. The van der Waals surface area contributed by atoms with Gasteiger partial charge in [-0.2, -0.15) is 0 Å². The lowest BCUT2D eigenvalue weighted by Gasteiger charge is -2.16. The molecule has 0 atom stereocenters. The molecule has 0 fully saturated rings. The Kier molecular flexibility index (Phi) is 4.33. The first-order chi connectivity index (χ1) is 11.2. The van der Waals surface area contributed by atoms with Crippen molar-refractivity contribution in [1.82, 2.24) is 9.97 Å². The Hall–Kier alpha value is -3.15. The molecule has 23 heavy (non-hydrogen) atoms. The van der Waals surface area contributed by atoms with Crippen LogP contribution in [0.15, 0.2) is 65.5 Å². The average Bonchev–Trinajstić information content (AvgIpc) is 3.13. The van der Waals surface area contributed by atoms with Crippen LogP contribution in [-0.4, -0.2) is 22.9 Å². The molecule has 0 unspecified atom stereocenters. The van der Waals surface area contributed by atoms with Crippen LogP contribution >= 0.6 is 0 Å². The summed E-state index contributed by atoms with van der Waals surface area (Å²) in [5.41, 5.74) is 1.25. The summed E-state index contributed by atoms with van der Waals surface area (Å²) in [5, 5.41) is 3.03. The van der Waals surface area contributed by atoms with E-state index in [0.29, 0.717) is 18.1 Å². The quantitative estimate of drug-likeness (QED) is 0.784. The van der Waals surface area contributed by atoms with E-state index in [9.17, 15) is 4.79 Å². The van der Waals surface area contributed by atoms with Gasteiger partial charge >= 0.3 is 0 Å². The number of para-hydroxylation sites is 1. The molecule has 1 amide bonds. The Balaban J connectivity index is 1.65. The van der Waals surface area contributed by atoms with Gasteiger partial charge < -0.3 is 14.6 Å². The topological polar surface area (TPSA) is 71.3 Å². The number of amides is 1. The van der Waals surface area contributed by atoms with Gasteiger partial charge in [0.2, 0.25) is 5.95 Å². The van der Waals surface area contributed by atoms with Crippen LogP contribution in [0.3, 0.4) is 0 Å². The highest BCUT2D eigenvalue weighted by molar-refractivity contribution is 6.05. The van der Waals surface area contributed by atoms with Gasteiger partial charge in [-0.1, -0.05) is 18.2 Å². The Morgan fingerprint density at radius 2 is 1.87 bits per heavy atom. The van der Waals surface area contributed by atoms with Gasteiger partial charge in [0.05, 0.1) is 18.4 Å². The normalized spacial score (nSPS) is 10.3. The summed E-state index contributed by atoms with van der Waals surface area (Å²) >= 11 is 0. The van der Waals surface area contributed by atoms with E-state index < -0.39 is 0 Å². The minimum Gasteiger partial charge on any atom is -0.467 e. The molecule has 116 valence electrons. The predicted octanol–water partition coefficient (Wildman–Crippen LogP) is 2.96. The van der Waals surface area contributed by atoms with Crippen LogP contribution in [-0.2, 0) is 6.54 Å². The summed E-state index contributed by atoms with van der Waals surface area (Å²) in [5.74, 6) is 1.08. The van der Waals surface area contributed by atoms with Gasteiger partial charge in [0.15, 0.2) is 0 Å². The van der Waals surface area contributed by atoms with Crippen LogP contribution in [0.2, 0.25) is 0 Å². The fourth-order valence-corrected chi connectivity index (χ4v) is 2.07. The van der Waals surface area contributed by atoms with Gasteiger partial charge in [-0.3, -0.25) is 4.79 Å². The zero-order valence-corrected chi connectivity index (χ0v) is 12.6. The molecule has 6 heteroatoms. The number of carbonyl (C=O) groups is 1. The van der Waals surface area contributed by atoms with Crippen molar-refractivity contribution in [3.63, 3.8) is 0 Å². The highest BCUT2D eigenvalue weighted by Gasteiger charge is 2.14. The maximum Gasteiger partial charge on any atom is 0.261 e. The highest BCUT2D eigenvalue weighted by atomic mass is 16.3. The smallest absolute Gasteiger partial charge is 0.261 e. The Morgan fingerprint density at radius 3 is 2.52 bits per heavy atom. The molecule has 3 rings (SSSR count). The highest BCUT2D eigenvalue weighted by Crippen LogP contribution is 2.14. The van der Waals surface area contributed by atoms with E-state index in [4.69, 9.17) is 4.42 Å². The molecular weight excluding hydrogens is 292 g/mol. The van der Waals surface area contributed by atoms with Crippen molar-refractivity contribution in [3.05, 3.63) is 72.4 Å². The lowest BCUT2D eigenvalue weighted by molar-refractivity contribution is 0.0992. The number of hydrogen-bond donors (Lipinski definition) is 1. The maximum absolute atomic E-state index is 12.4. The standard InChI is InChI=1S/C17H16N4O2/c1-21(14-6-3-2-4-7-14)16(22)13-10-18-17(19-11-13)20-12-15-8-5-9-23-15/h2-11H,12H2,1H3,(H,18,19,20). The van der Waals surface area contributed by atoms with Gasteiger partial charge in [-0.15, -0.1) is 0 Å². The molecule has 2 aromatic heterocycles. The van der Waals surface area contributed by atoms with E-state index in [1.54, 1.807) is 18.2 Å². The third-order valence-corrected chi connectivity index (χ3v) is 3.35. The van der Waals surface area contributed by atoms with Crippen molar-refractivity contribution in [1.29, 1.82) is 0 Å². The van der Waals surface area contributed by atoms with Crippen LogP contribution in [0.25, 0.3) is 0 Å². The van der Waals surface area contributed by atoms with Crippen molar-refractivity contribution < 1.29 is 9.21 Å². The van der Waals surface area contributed by atoms with E-state index in [1.165, 1.54) is 12.4 Å². The summed E-state index contributed by atoms with van der Waals surface area (Å²) in [6.45, 7) is 0.490. The molecule has 3 aromatic rings. The van der Waals surface area contributed by atoms with E-state index in [0.717, 1.165) is 11.4 Å². The first kappa shape index (κ1) is 14.8. The van der Waals surface area contributed by atoms with Crippen LogP contribution < -0.4 is 10.2 Å². The molecule has 0 aliphatic heterocycles. The summed E-state index contributed by atoms with van der Waals surface area (Å²) < 4.78 is 5.22. The molecule has 0 saturated heterocycles. The summed E-state index contributed by atoms with van der Waals surface area (Å²) in [7, 11) is 1.72. The lowest BCUT2D eigenvalue weighted by Crippen LogP contribution is -2.26. The van der Waals surface area contributed by atoms with Crippen molar-refractivity contribution in [2.75, 3.05) is 17.3 Å². The molecule has 0 aliphatic carbocycles. The molecular formula is C17H16N4O2. The van der Waals surface area contributed by atoms with E-state index in [2.05, 4.69) is 15.3 Å². The molecule has 0 spiro atoms. The number of aromatic nitrogens is 2. The van der Waals surface area contributed by atoms with Gasteiger partial charge in [0, 0.05) is 25.1 Å². The van der Waals surface area contributed by atoms with Gasteiger partial charge in [-0.25, -0.2) is 9.97 Å². The second-order valence-corrected chi connectivity index (χ2v) is 4.93. The predicted molar refractivity (Wildman–Crippen MR) is 87.2 cm³/mol. The van der Waals surface area contributed by atoms with Crippen LogP contribution in [0.1, 0.15) is 16.1 Å². The first-order valence-electron chi connectivity index (χ1n) is 7.15. The summed E-state index contributed by atoms with van der Waals surface area (Å²) in [4.78, 5) is 22.3. The maximum atomic E-state index is 12.4. The third kappa shape index (κ3) is 3.55. The molecule has 6 nitrogen and oxygen atoms in total. The minimum atomic E-state index is -0.159. The number of hydrogen-bond acceptors (Lipinski definition) is 5. The van der Waals surface area contributed by atoms with Crippen molar-refractivity contribution in [2.24, 2.45) is 0 Å². The first-order valence-corrected chi connectivity index (χ1v) is 7.15. The second-order valence-electron chi connectivity index (χ2n) is 4.93. The molecule has 0 saturated carbocycles. The van der Waals surface area contributed by atoms with E-state index in [1.807, 2.05) is 42.5 Å². The van der Waals surface area contributed by atoms with Crippen molar-refractivity contribution in [2.45, 2.75) is 6.54 Å². The number of rotatable bonds is 5. The van der Waals surface area contributed by atoms with Gasteiger partial charge in [-0.05, 0) is 24.3 Å². The number of benzene rings is 1. The zero-order chi connectivity index (χ0) is 16.1. The largest absolute Gasteiger partial charge is 0.467 e. The number of furan rings is 1. The molecule has 0 aliphatic rings. The summed E-state index contributed by atoms with van der Waals surface area (Å²) in [6.07, 6.45) is 4.64. The average molecular weight is 308 g/mol. The second kappa shape index (κ2) is 6.74. The van der Waals surface area contributed by atoms with Crippen molar-refractivity contribution in [3.8, 4) is 0 Å². The van der Waals surface area contributed by atoms with Crippen molar-refractivity contribution >= 4 is 17.5 Å². The van der Waals surface area contributed by atoms with E-state index in [-0.39, 0.29) is 5.91 Å². The minimum absolute atomic E-state index is 0.159. The van der Waals surface area contributed by atoms with Gasteiger partial charge in [0.1, 0.15) is 5.76 Å².